The van der Waals surface area contributed by atoms with E-state index in [-0.39, 0.29) is 17.7 Å². The Balaban J connectivity index is 3.45. The van der Waals surface area contributed by atoms with Crippen molar-refractivity contribution in [1.82, 2.24) is 0 Å². The highest BCUT2D eigenvalue weighted by molar-refractivity contribution is 7.84. The molecule has 0 aliphatic rings. The molecule has 0 N–H and O–H groups in total. The molecular formula is C22H31NOS. The van der Waals surface area contributed by atoms with Crippen LogP contribution in [0.25, 0.3) is 0 Å². The highest BCUT2D eigenvalue weighted by atomic mass is 32.1. The average molecular weight is 358 g/mol. The normalized spacial score (nSPS) is 15.0. The Morgan fingerprint density at radius 2 is 1.84 bits per heavy atom. The number of aryl methyl sites for hydroxylation is 1. The van der Waals surface area contributed by atoms with Crippen molar-refractivity contribution in [2.24, 2.45) is 10.9 Å². The van der Waals surface area contributed by atoms with Crippen molar-refractivity contribution < 1.29 is 4.79 Å². The smallest absolute Gasteiger partial charge is 0.132 e. The molecule has 2 unspecified atom stereocenters. The summed E-state index contributed by atoms with van der Waals surface area (Å²) in [5.41, 5.74) is 4.33. The molecule has 2 atom stereocenters. The van der Waals surface area contributed by atoms with E-state index in [0.29, 0.717) is 6.42 Å². The third-order valence-electron chi connectivity index (χ3n) is 4.28. The first-order valence-electron chi connectivity index (χ1n) is 8.97. The van der Waals surface area contributed by atoms with E-state index in [9.17, 15) is 4.79 Å². The maximum Gasteiger partial charge on any atom is 0.132 e. The molecule has 0 amide bonds. The van der Waals surface area contributed by atoms with Crippen LogP contribution in [0.5, 0.6) is 0 Å². The molecule has 25 heavy (non-hydrogen) atoms. The molecular weight excluding hydrogens is 326 g/mol. The van der Waals surface area contributed by atoms with E-state index in [1.807, 2.05) is 6.92 Å². The Kier molecular flexibility index (Phi) is 8.91. The average Bonchev–Trinajstić information content (AvgIpc) is 2.56. The van der Waals surface area contributed by atoms with Gasteiger partial charge in [0.2, 0.25) is 0 Å². The lowest BCUT2D eigenvalue weighted by atomic mass is 9.92. The third-order valence-corrected chi connectivity index (χ3v) is 4.43. The van der Waals surface area contributed by atoms with Crippen LogP contribution in [-0.2, 0) is 4.79 Å². The molecule has 0 bridgehead atoms. The maximum absolute atomic E-state index is 11.7. The number of nitrogens with zero attached hydrogens (tertiary/aromatic N) is 1. The van der Waals surface area contributed by atoms with E-state index in [0.717, 1.165) is 34.6 Å². The van der Waals surface area contributed by atoms with Crippen molar-refractivity contribution in [2.75, 3.05) is 0 Å². The number of rotatable bonds is 9. The van der Waals surface area contributed by atoms with Crippen molar-refractivity contribution in [1.29, 1.82) is 0 Å². The first-order valence-corrected chi connectivity index (χ1v) is 9.42. The molecule has 0 fully saturated rings. The molecule has 2 nitrogen and oxygen atoms in total. The summed E-state index contributed by atoms with van der Waals surface area (Å²) in [5.74, 6) is 0.305. The second kappa shape index (κ2) is 10.4. The van der Waals surface area contributed by atoms with Gasteiger partial charge in [0.1, 0.15) is 5.78 Å². The van der Waals surface area contributed by atoms with Crippen LogP contribution in [0, 0.1) is 12.8 Å². The molecule has 0 aliphatic heterocycles. The lowest BCUT2D eigenvalue weighted by molar-refractivity contribution is -0.117. The molecule has 0 saturated carbocycles. The van der Waals surface area contributed by atoms with Crippen molar-refractivity contribution >= 4 is 24.1 Å². The van der Waals surface area contributed by atoms with E-state index < -0.39 is 0 Å². The predicted molar refractivity (Wildman–Crippen MR) is 113 cm³/mol. The predicted octanol–water partition coefficient (Wildman–Crippen LogP) is 5.96. The van der Waals surface area contributed by atoms with Crippen LogP contribution in [0.15, 0.2) is 52.4 Å². The summed E-state index contributed by atoms with van der Waals surface area (Å²) < 4.78 is 0. The van der Waals surface area contributed by atoms with Crippen molar-refractivity contribution in [3.63, 3.8) is 0 Å². The van der Waals surface area contributed by atoms with Gasteiger partial charge in [-0.2, -0.15) is 0 Å². The fraction of sp³-hybridized carbons (Fsp3) is 0.455. The second-order valence-corrected chi connectivity index (χ2v) is 7.34. The van der Waals surface area contributed by atoms with Crippen LogP contribution < -0.4 is 0 Å². The van der Waals surface area contributed by atoms with E-state index in [4.69, 9.17) is 4.99 Å². The zero-order valence-electron chi connectivity index (χ0n) is 16.2. The topological polar surface area (TPSA) is 29.4 Å². The molecule has 0 saturated heterocycles. The summed E-state index contributed by atoms with van der Waals surface area (Å²) in [5, 5.41) is 0. The molecule has 0 spiro atoms. The van der Waals surface area contributed by atoms with Crippen molar-refractivity contribution in [3.8, 4) is 0 Å². The Labute approximate surface area is 158 Å². The minimum atomic E-state index is -0.165. The Hall–Kier alpha value is -1.61. The zero-order chi connectivity index (χ0) is 19.0. The fourth-order valence-electron chi connectivity index (χ4n) is 2.75. The number of benzene rings is 1. The Bertz CT molecular complexity index is 651. The summed E-state index contributed by atoms with van der Waals surface area (Å²) in [6, 6.07) is 8.25. The SMILES string of the molecule is C=C(CC)C(CC(C)=O)/N=C(/c1ccc(C)cc1)C(/C=C(/C)S)CC. The number of hydrogen-bond acceptors (Lipinski definition) is 3. The Morgan fingerprint density at radius 3 is 2.28 bits per heavy atom. The van der Waals surface area contributed by atoms with Gasteiger partial charge in [0.05, 0.1) is 6.04 Å². The van der Waals surface area contributed by atoms with Gasteiger partial charge in [0.15, 0.2) is 0 Å². The standard InChI is InChI=1S/C22H31NOS/c1-7-16(4)21(13-17(5)24)23-22(19(8-2)14-18(6)25)20-11-9-15(3)10-12-20/h9-12,14,19,21,25H,4,7-8,13H2,1-3,5-6H3/b18-14-,23-22+. The van der Waals surface area contributed by atoms with Gasteiger partial charge in [-0.3, -0.25) is 9.79 Å². The number of allylic oxidation sites excluding steroid dienone is 2. The van der Waals surface area contributed by atoms with E-state index >= 15 is 0 Å². The molecule has 1 aromatic carbocycles. The highest BCUT2D eigenvalue weighted by Crippen LogP contribution is 2.22. The lowest BCUT2D eigenvalue weighted by Gasteiger charge is -2.21. The van der Waals surface area contributed by atoms with Crippen LogP contribution in [-0.4, -0.2) is 17.5 Å². The summed E-state index contributed by atoms with van der Waals surface area (Å²) >= 11 is 4.45. The van der Waals surface area contributed by atoms with Gasteiger partial charge in [0, 0.05) is 18.1 Å². The number of aliphatic imine (C=N–C) groups is 1. The number of carbonyl (C=O) groups excluding carboxylic acids is 1. The number of ketones is 1. The molecule has 136 valence electrons. The van der Waals surface area contributed by atoms with Gasteiger partial charge >= 0.3 is 0 Å². The molecule has 0 aliphatic carbocycles. The Morgan fingerprint density at radius 1 is 1.24 bits per heavy atom. The number of Topliss-reactive ketones (excluding diaryl/α,β-unsaturated/α-hetero) is 1. The van der Waals surface area contributed by atoms with Crippen LogP contribution in [0.4, 0.5) is 0 Å². The fourth-order valence-corrected chi connectivity index (χ4v) is 2.93. The van der Waals surface area contributed by atoms with E-state index in [1.165, 1.54) is 5.56 Å². The summed E-state index contributed by atoms with van der Waals surface area (Å²) in [7, 11) is 0. The third kappa shape index (κ3) is 7.03. The zero-order valence-corrected chi connectivity index (χ0v) is 17.1. The number of carbonyl (C=O) groups is 1. The van der Waals surface area contributed by atoms with Gasteiger partial charge in [-0.25, -0.2) is 0 Å². The van der Waals surface area contributed by atoms with Gasteiger partial charge < -0.3 is 0 Å². The van der Waals surface area contributed by atoms with Gasteiger partial charge in [-0.1, -0.05) is 61.9 Å². The minimum absolute atomic E-state index is 0.139. The summed E-state index contributed by atoms with van der Waals surface area (Å²) in [4.78, 5) is 17.7. The quantitative estimate of drug-likeness (QED) is 0.330. The summed E-state index contributed by atoms with van der Waals surface area (Å²) in [6.07, 6.45) is 4.29. The highest BCUT2D eigenvalue weighted by Gasteiger charge is 2.19. The monoisotopic (exact) mass is 357 g/mol. The lowest BCUT2D eigenvalue weighted by Crippen LogP contribution is -2.20. The largest absolute Gasteiger partial charge is 0.300 e. The van der Waals surface area contributed by atoms with Crippen molar-refractivity contribution in [3.05, 3.63) is 58.5 Å². The molecule has 0 aromatic heterocycles. The van der Waals surface area contributed by atoms with Gasteiger partial charge in [-0.15, -0.1) is 12.6 Å². The first-order chi connectivity index (χ1) is 11.8. The molecule has 1 aromatic rings. The van der Waals surface area contributed by atoms with Crippen molar-refractivity contribution in [2.45, 2.75) is 59.9 Å². The maximum atomic E-state index is 11.7. The van der Waals surface area contributed by atoms with Gasteiger partial charge in [-0.05, 0) is 44.1 Å². The minimum Gasteiger partial charge on any atom is -0.300 e. The number of thiol groups is 1. The molecule has 1 rings (SSSR count). The molecule has 3 heteroatoms. The second-order valence-electron chi connectivity index (χ2n) is 6.64. The summed E-state index contributed by atoms with van der Waals surface area (Å²) in [6.45, 7) is 14.0. The van der Waals surface area contributed by atoms with Crippen LogP contribution in [0.1, 0.15) is 58.1 Å². The molecule has 0 heterocycles. The number of hydrogen-bond donors (Lipinski definition) is 1. The van der Waals surface area contributed by atoms with E-state index in [1.54, 1.807) is 6.92 Å². The van der Waals surface area contributed by atoms with Gasteiger partial charge in [0.25, 0.3) is 0 Å². The first kappa shape index (κ1) is 21.4. The van der Waals surface area contributed by atoms with Crippen LogP contribution in [0.3, 0.4) is 0 Å². The van der Waals surface area contributed by atoms with Crippen LogP contribution >= 0.6 is 12.6 Å². The van der Waals surface area contributed by atoms with E-state index in [2.05, 4.69) is 70.3 Å². The van der Waals surface area contributed by atoms with Crippen LogP contribution in [0.2, 0.25) is 0 Å². The molecule has 0 radical (unpaired) electrons.